The molecule has 10 heteroatoms. The number of carbonyl (C=O) groups is 4. The molecular formula is C22H37NO9. The molecule has 1 rings (SSSR count). The molecule has 5 atom stereocenters. The highest BCUT2D eigenvalue weighted by molar-refractivity contribution is 5.73. The monoisotopic (exact) mass is 459 g/mol. The number of carbonyl (C=O) groups excluding carboxylic acids is 4. The summed E-state index contributed by atoms with van der Waals surface area (Å²) in [5, 5.41) is 2.68. The van der Waals surface area contributed by atoms with Gasteiger partial charge in [-0.2, -0.15) is 0 Å². The van der Waals surface area contributed by atoms with Crippen molar-refractivity contribution in [3.63, 3.8) is 0 Å². The van der Waals surface area contributed by atoms with Crippen molar-refractivity contribution >= 4 is 23.8 Å². The molecule has 0 bridgehead atoms. The van der Waals surface area contributed by atoms with Crippen LogP contribution in [0.15, 0.2) is 0 Å². The van der Waals surface area contributed by atoms with Gasteiger partial charge in [-0.15, -0.1) is 0 Å². The van der Waals surface area contributed by atoms with Crippen LogP contribution in [-0.2, 0) is 42.9 Å². The van der Waals surface area contributed by atoms with E-state index < -0.39 is 54.5 Å². The van der Waals surface area contributed by atoms with Crippen molar-refractivity contribution in [2.24, 2.45) is 0 Å². The van der Waals surface area contributed by atoms with E-state index in [1.807, 2.05) is 0 Å². The number of unbranched alkanes of at least 4 members (excludes halogenated alkanes) is 5. The molecule has 1 aliphatic rings. The average molecular weight is 460 g/mol. The maximum atomic E-state index is 11.9. The van der Waals surface area contributed by atoms with E-state index in [0.717, 1.165) is 32.1 Å². The molecule has 1 amide bonds. The van der Waals surface area contributed by atoms with Crippen molar-refractivity contribution in [1.29, 1.82) is 0 Å². The van der Waals surface area contributed by atoms with Gasteiger partial charge in [-0.1, -0.05) is 39.0 Å². The van der Waals surface area contributed by atoms with E-state index in [0.29, 0.717) is 6.61 Å². The fourth-order valence-corrected chi connectivity index (χ4v) is 3.52. The fraction of sp³-hybridized carbons (Fsp3) is 0.818. The number of hydrogen-bond acceptors (Lipinski definition) is 9. The van der Waals surface area contributed by atoms with Crippen LogP contribution in [0.25, 0.3) is 0 Å². The molecule has 0 spiro atoms. The number of ether oxygens (including phenoxy) is 5. The quantitative estimate of drug-likeness (QED) is 0.250. The van der Waals surface area contributed by atoms with Crippen LogP contribution >= 0.6 is 0 Å². The van der Waals surface area contributed by atoms with Gasteiger partial charge in [0.05, 0.1) is 0 Å². The highest BCUT2D eigenvalue weighted by Crippen LogP contribution is 2.28. The SMILES string of the molecule is CCCCCCCCO[C@@H]1O[C@H](COC(C)=O)[C@@H](OC(C)=O)[C@H](OC(C)=O)[C@@H]1NC(C)=O. The van der Waals surface area contributed by atoms with Gasteiger partial charge in [-0.25, -0.2) is 0 Å². The first-order chi connectivity index (χ1) is 15.1. The van der Waals surface area contributed by atoms with Crippen molar-refractivity contribution in [2.75, 3.05) is 13.2 Å². The van der Waals surface area contributed by atoms with Gasteiger partial charge < -0.3 is 29.0 Å². The lowest BCUT2D eigenvalue weighted by Gasteiger charge is -2.44. The Labute approximate surface area is 189 Å². The number of hydrogen-bond donors (Lipinski definition) is 1. The third kappa shape index (κ3) is 10.4. The van der Waals surface area contributed by atoms with Crippen LogP contribution in [0.3, 0.4) is 0 Å². The molecule has 0 saturated carbocycles. The Morgan fingerprint density at radius 2 is 1.41 bits per heavy atom. The van der Waals surface area contributed by atoms with Gasteiger partial charge in [-0.3, -0.25) is 19.2 Å². The lowest BCUT2D eigenvalue weighted by Crippen LogP contribution is -2.66. The molecule has 184 valence electrons. The number of nitrogens with one attached hydrogen (secondary N) is 1. The summed E-state index contributed by atoms with van der Waals surface area (Å²) in [6.45, 7) is 7.22. The van der Waals surface area contributed by atoms with Crippen LogP contribution in [0.1, 0.15) is 73.1 Å². The smallest absolute Gasteiger partial charge is 0.303 e. The number of amides is 1. The Morgan fingerprint density at radius 1 is 0.812 bits per heavy atom. The molecule has 0 radical (unpaired) electrons. The van der Waals surface area contributed by atoms with Crippen LogP contribution in [0, 0.1) is 0 Å². The van der Waals surface area contributed by atoms with E-state index in [1.165, 1.54) is 34.1 Å². The molecule has 1 fully saturated rings. The largest absolute Gasteiger partial charge is 0.463 e. The van der Waals surface area contributed by atoms with E-state index >= 15 is 0 Å². The maximum absolute atomic E-state index is 11.9. The summed E-state index contributed by atoms with van der Waals surface area (Å²) >= 11 is 0. The number of rotatable bonds is 13. The Balaban J connectivity index is 3.01. The molecule has 0 aromatic rings. The van der Waals surface area contributed by atoms with Gasteiger partial charge in [0.1, 0.15) is 18.8 Å². The molecule has 0 aromatic heterocycles. The Hall–Kier alpha value is -2.20. The van der Waals surface area contributed by atoms with Gasteiger partial charge in [0.25, 0.3) is 0 Å². The minimum absolute atomic E-state index is 0.241. The van der Waals surface area contributed by atoms with Crippen molar-refractivity contribution in [2.45, 2.75) is 104 Å². The van der Waals surface area contributed by atoms with Gasteiger partial charge in [0.15, 0.2) is 18.5 Å². The van der Waals surface area contributed by atoms with E-state index in [2.05, 4.69) is 12.2 Å². The van der Waals surface area contributed by atoms with Crippen LogP contribution in [0.5, 0.6) is 0 Å². The zero-order valence-corrected chi connectivity index (χ0v) is 19.7. The van der Waals surface area contributed by atoms with E-state index in [9.17, 15) is 19.2 Å². The number of esters is 3. The molecule has 1 N–H and O–H groups in total. The summed E-state index contributed by atoms with van der Waals surface area (Å²) in [5.41, 5.74) is 0. The average Bonchev–Trinajstić information content (AvgIpc) is 2.68. The summed E-state index contributed by atoms with van der Waals surface area (Å²) in [4.78, 5) is 46.7. The second kappa shape index (κ2) is 14.8. The summed E-state index contributed by atoms with van der Waals surface area (Å²) < 4.78 is 27.7. The van der Waals surface area contributed by atoms with Crippen LogP contribution in [0.2, 0.25) is 0 Å². The van der Waals surface area contributed by atoms with Crippen LogP contribution in [-0.4, -0.2) is 67.7 Å². The summed E-state index contributed by atoms with van der Waals surface area (Å²) in [7, 11) is 0. The van der Waals surface area contributed by atoms with Crippen LogP contribution < -0.4 is 5.32 Å². The molecule has 10 nitrogen and oxygen atoms in total. The van der Waals surface area contributed by atoms with Gasteiger partial charge >= 0.3 is 17.9 Å². The normalized spacial score (nSPS) is 25.0. The second-order valence-electron chi connectivity index (χ2n) is 7.86. The zero-order chi connectivity index (χ0) is 24.1. The first-order valence-electron chi connectivity index (χ1n) is 11.2. The first-order valence-corrected chi connectivity index (χ1v) is 11.2. The Morgan fingerprint density at radius 3 is 1.97 bits per heavy atom. The topological polar surface area (TPSA) is 126 Å². The van der Waals surface area contributed by atoms with E-state index in [-0.39, 0.29) is 6.61 Å². The molecule has 1 saturated heterocycles. The summed E-state index contributed by atoms with van der Waals surface area (Å²) in [6, 6.07) is -0.922. The third-order valence-electron chi connectivity index (χ3n) is 4.85. The van der Waals surface area contributed by atoms with Crippen molar-refractivity contribution in [1.82, 2.24) is 5.32 Å². The minimum atomic E-state index is -1.11. The fourth-order valence-electron chi connectivity index (χ4n) is 3.52. The standard InChI is InChI=1S/C22H37NO9/c1-6-7-8-9-10-11-12-28-22-19(23-14(2)24)21(31-17(5)27)20(30-16(4)26)18(32-22)13-29-15(3)25/h18-22H,6-13H2,1-5H3,(H,23,24)/t18-,19+,20-,21-,22-/m1/s1. The Bertz CT molecular complexity index is 625. The van der Waals surface area contributed by atoms with Crippen molar-refractivity contribution in [3.8, 4) is 0 Å². The molecule has 0 aromatic carbocycles. The van der Waals surface area contributed by atoms with E-state index in [4.69, 9.17) is 23.7 Å². The highest BCUT2D eigenvalue weighted by Gasteiger charge is 2.51. The van der Waals surface area contributed by atoms with Gasteiger partial charge in [0, 0.05) is 34.3 Å². The molecule has 1 heterocycles. The van der Waals surface area contributed by atoms with Crippen molar-refractivity contribution in [3.05, 3.63) is 0 Å². The maximum Gasteiger partial charge on any atom is 0.303 e. The molecular weight excluding hydrogens is 422 g/mol. The van der Waals surface area contributed by atoms with Crippen molar-refractivity contribution < 1.29 is 42.9 Å². The molecule has 0 unspecified atom stereocenters. The zero-order valence-electron chi connectivity index (χ0n) is 19.7. The predicted molar refractivity (Wildman–Crippen MR) is 113 cm³/mol. The second-order valence-corrected chi connectivity index (χ2v) is 7.86. The minimum Gasteiger partial charge on any atom is -0.463 e. The predicted octanol–water partition coefficient (Wildman–Crippen LogP) is 2.02. The van der Waals surface area contributed by atoms with E-state index in [1.54, 1.807) is 0 Å². The van der Waals surface area contributed by atoms with Crippen LogP contribution in [0.4, 0.5) is 0 Å². The van der Waals surface area contributed by atoms with Gasteiger partial charge in [0.2, 0.25) is 5.91 Å². The molecule has 1 aliphatic heterocycles. The van der Waals surface area contributed by atoms with Gasteiger partial charge in [-0.05, 0) is 6.42 Å². The Kier molecular flexibility index (Phi) is 12.9. The summed E-state index contributed by atoms with van der Waals surface area (Å²) in [6.07, 6.45) is 2.23. The first kappa shape index (κ1) is 27.8. The highest BCUT2D eigenvalue weighted by atomic mass is 16.7. The molecule has 0 aliphatic carbocycles. The third-order valence-corrected chi connectivity index (χ3v) is 4.85. The summed E-state index contributed by atoms with van der Waals surface area (Å²) in [5.74, 6) is -2.22. The lowest BCUT2D eigenvalue weighted by atomic mass is 9.96. The molecule has 32 heavy (non-hydrogen) atoms. The lowest BCUT2D eigenvalue weighted by molar-refractivity contribution is -0.277.